The maximum absolute atomic E-state index is 13.5. The summed E-state index contributed by atoms with van der Waals surface area (Å²) in [4.78, 5) is 24.8. The van der Waals surface area contributed by atoms with Crippen LogP contribution >= 0.6 is 0 Å². The Morgan fingerprint density at radius 2 is 1.90 bits per heavy atom. The maximum atomic E-state index is 13.5. The van der Waals surface area contributed by atoms with Gasteiger partial charge in [-0.2, -0.15) is 12.7 Å². The quantitative estimate of drug-likeness (QED) is 0.154. The summed E-state index contributed by atoms with van der Waals surface area (Å²) in [6.07, 6.45) is 1.21. The van der Waals surface area contributed by atoms with Gasteiger partial charge in [-0.1, -0.05) is 6.42 Å². The van der Waals surface area contributed by atoms with E-state index in [2.05, 4.69) is 5.32 Å². The highest BCUT2D eigenvalue weighted by molar-refractivity contribution is 7.87. The predicted molar refractivity (Wildman–Crippen MR) is 113 cm³/mol. The third kappa shape index (κ3) is 5.73. The zero-order valence-corrected chi connectivity index (χ0v) is 18.2. The molecule has 2 heterocycles. The Kier molecular flexibility index (Phi) is 8.81. The van der Waals surface area contributed by atoms with Gasteiger partial charge in [0.05, 0.1) is 12.1 Å². The average molecular weight is 464 g/mol. The van der Waals surface area contributed by atoms with Gasteiger partial charge in [0.2, 0.25) is 0 Å². The number of nitrogens with zero attached hydrogens (tertiary/aromatic N) is 2. The van der Waals surface area contributed by atoms with Crippen molar-refractivity contribution in [3.05, 3.63) is 0 Å². The van der Waals surface area contributed by atoms with E-state index in [0.29, 0.717) is 25.9 Å². The molecule has 15 heteroatoms. The van der Waals surface area contributed by atoms with Crippen LogP contribution in [0.15, 0.2) is 0 Å². The molecule has 0 aromatic carbocycles. The van der Waals surface area contributed by atoms with Crippen molar-refractivity contribution in [3.8, 4) is 0 Å². The number of hydrogen-bond donors (Lipinski definition) is 7. The van der Waals surface area contributed by atoms with Gasteiger partial charge in [0, 0.05) is 25.6 Å². The largest absolute Gasteiger partial charge is 0.480 e. The molecule has 1 unspecified atom stereocenters. The molecule has 178 valence electrons. The lowest BCUT2D eigenvalue weighted by Crippen LogP contribution is -2.60. The highest BCUT2D eigenvalue weighted by atomic mass is 32.2. The molecule has 0 spiro atoms. The summed E-state index contributed by atoms with van der Waals surface area (Å²) in [5, 5.41) is 30.8. The Morgan fingerprint density at radius 1 is 1.29 bits per heavy atom. The number of hydrogen-bond acceptors (Lipinski definition) is 10. The molecule has 13 nitrogen and oxygen atoms in total. The number of aliphatic carboxylic acids is 1. The normalized spacial score (nSPS) is 26.5. The van der Waals surface area contributed by atoms with Crippen LogP contribution in [0.2, 0.25) is 6.32 Å². The van der Waals surface area contributed by atoms with Crippen molar-refractivity contribution in [2.24, 2.45) is 23.1 Å². The van der Waals surface area contributed by atoms with Crippen LogP contribution in [0.4, 0.5) is 0 Å². The second-order valence-electron chi connectivity index (χ2n) is 8.21. The third-order valence-corrected chi connectivity index (χ3v) is 7.91. The Bertz CT molecular complexity index is 751. The monoisotopic (exact) mass is 464 g/mol. The number of amides is 1. The van der Waals surface area contributed by atoms with Gasteiger partial charge in [-0.15, -0.1) is 0 Å². The van der Waals surface area contributed by atoms with Gasteiger partial charge >= 0.3 is 23.3 Å². The van der Waals surface area contributed by atoms with E-state index >= 15 is 0 Å². The number of piperidine rings is 1. The van der Waals surface area contributed by atoms with Crippen molar-refractivity contribution in [1.29, 1.82) is 0 Å². The summed E-state index contributed by atoms with van der Waals surface area (Å²) >= 11 is 0. The van der Waals surface area contributed by atoms with E-state index in [9.17, 15) is 23.1 Å². The smallest absolute Gasteiger partial charge is 0.451 e. The first-order valence-corrected chi connectivity index (χ1v) is 11.7. The van der Waals surface area contributed by atoms with Crippen LogP contribution in [0.25, 0.3) is 0 Å². The summed E-state index contributed by atoms with van der Waals surface area (Å²) < 4.78 is 28.7. The van der Waals surface area contributed by atoms with Crippen LogP contribution in [-0.4, -0.2) is 102 Å². The van der Waals surface area contributed by atoms with E-state index in [1.807, 2.05) is 0 Å². The second-order valence-corrected chi connectivity index (χ2v) is 10.0. The molecule has 2 aliphatic heterocycles. The minimum absolute atomic E-state index is 0.00396. The van der Waals surface area contributed by atoms with Crippen LogP contribution < -0.4 is 22.5 Å². The molecular weight excluding hydrogens is 431 g/mol. The summed E-state index contributed by atoms with van der Waals surface area (Å²) in [6.45, 7) is 0.0779. The molecule has 2 saturated heterocycles. The Labute approximate surface area is 182 Å². The second kappa shape index (κ2) is 10.5. The fourth-order valence-electron chi connectivity index (χ4n) is 4.12. The Hall–Kier alpha value is -1.33. The highest BCUT2D eigenvalue weighted by Gasteiger charge is 2.54. The SMILES string of the molecule is NCC(N)C(=O)N(C1CCNCC1)S(=O)(=O)N1C[C@H](CCCB(O)O)[C@](N)(C(=O)O)C1. The van der Waals surface area contributed by atoms with Crippen LogP contribution in [0.5, 0.6) is 0 Å². The van der Waals surface area contributed by atoms with E-state index in [-0.39, 0.29) is 32.3 Å². The number of carbonyl (C=O) groups excluding carboxylic acids is 1. The van der Waals surface area contributed by atoms with Gasteiger partial charge < -0.3 is 37.7 Å². The van der Waals surface area contributed by atoms with Gasteiger partial charge in [-0.25, -0.2) is 4.31 Å². The van der Waals surface area contributed by atoms with E-state index < -0.39 is 59.3 Å². The number of carboxylic acids is 1. The molecule has 0 bridgehead atoms. The molecule has 0 saturated carbocycles. The third-order valence-electron chi connectivity index (χ3n) is 6.01. The summed E-state index contributed by atoms with van der Waals surface area (Å²) in [6, 6.07) is -1.84. The maximum Gasteiger partial charge on any atom is 0.451 e. The standard InChI is InChI=1S/C16H33BN6O7S/c18-8-13(19)14(24)23(12-3-6-21-7-4-12)31(29,30)22-9-11(2-1-5-17(27)28)16(20,10-22)15(25)26/h11-13,21,27-28H,1-10,18-20H2,(H,25,26)/t11-,13?,16-/m0/s1. The predicted octanol–water partition coefficient (Wildman–Crippen LogP) is -3.94. The summed E-state index contributed by atoms with van der Waals surface area (Å²) in [7, 11) is -5.97. The molecule has 2 rings (SSSR count). The minimum atomic E-state index is -4.42. The molecule has 2 fully saturated rings. The van der Waals surface area contributed by atoms with E-state index in [0.717, 1.165) is 8.61 Å². The van der Waals surface area contributed by atoms with Gasteiger partial charge in [-0.05, 0) is 38.7 Å². The molecular formula is C16H33BN6O7S. The number of nitrogens with one attached hydrogen (secondary N) is 1. The molecule has 0 aliphatic carbocycles. The zero-order valence-electron chi connectivity index (χ0n) is 17.4. The highest BCUT2D eigenvalue weighted by Crippen LogP contribution is 2.34. The zero-order chi connectivity index (χ0) is 23.4. The first-order valence-electron chi connectivity index (χ1n) is 10.3. The topological polar surface area (TPSA) is 226 Å². The minimum Gasteiger partial charge on any atom is -0.480 e. The lowest BCUT2D eigenvalue weighted by atomic mass is 9.78. The summed E-state index contributed by atoms with van der Waals surface area (Å²) in [5.41, 5.74) is 15.5. The van der Waals surface area contributed by atoms with Crippen LogP contribution in [0.3, 0.4) is 0 Å². The van der Waals surface area contributed by atoms with Gasteiger partial charge in [0.15, 0.2) is 0 Å². The van der Waals surface area contributed by atoms with Crippen molar-refractivity contribution in [2.45, 2.75) is 49.6 Å². The molecule has 0 radical (unpaired) electrons. The van der Waals surface area contributed by atoms with Crippen molar-refractivity contribution in [2.75, 3.05) is 32.7 Å². The van der Waals surface area contributed by atoms with Crippen LogP contribution in [0, 0.1) is 5.92 Å². The molecule has 31 heavy (non-hydrogen) atoms. The fraction of sp³-hybridized carbons (Fsp3) is 0.875. The van der Waals surface area contributed by atoms with Crippen molar-refractivity contribution in [1.82, 2.24) is 13.9 Å². The number of nitrogens with two attached hydrogens (primary N) is 3. The first-order chi connectivity index (χ1) is 14.4. The fourth-order valence-corrected chi connectivity index (χ4v) is 6.06. The van der Waals surface area contributed by atoms with Gasteiger partial charge in [0.25, 0.3) is 5.91 Å². The van der Waals surface area contributed by atoms with Crippen molar-refractivity contribution in [3.63, 3.8) is 0 Å². The van der Waals surface area contributed by atoms with Gasteiger partial charge in [-0.3, -0.25) is 9.59 Å². The van der Waals surface area contributed by atoms with E-state index in [4.69, 9.17) is 27.2 Å². The van der Waals surface area contributed by atoms with Crippen LogP contribution in [-0.2, 0) is 19.8 Å². The van der Waals surface area contributed by atoms with Crippen molar-refractivity contribution >= 4 is 29.2 Å². The molecule has 0 aromatic rings. The Balaban J connectivity index is 2.32. The lowest BCUT2D eigenvalue weighted by molar-refractivity contribution is -0.144. The summed E-state index contributed by atoms with van der Waals surface area (Å²) in [5.74, 6) is -2.97. The number of rotatable bonds is 10. The molecule has 1 amide bonds. The molecule has 2 aliphatic rings. The van der Waals surface area contributed by atoms with E-state index in [1.54, 1.807) is 0 Å². The Morgan fingerprint density at radius 3 is 2.42 bits per heavy atom. The molecule has 3 atom stereocenters. The molecule has 10 N–H and O–H groups in total. The number of carboxylic acid groups (broad SMARTS) is 1. The molecule has 0 aromatic heterocycles. The van der Waals surface area contributed by atoms with E-state index in [1.165, 1.54) is 0 Å². The van der Waals surface area contributed by atoms with Crippen molar-refractivity contribution < 1.29 is 33.2 Å². The first kappa shape index (κ1) is 25.9. The average Bonchev–Trinajstić information content (AvgIpc) is 3.06. The lowest BCUT2D eigenvalue weighted by Gasteiger charge is -2.37. The van der Waals surface area contributed by atoms with Crippen LogP contribution in [0.1, 0.15) is 25.7 Å². The van der Waals surface area contributed by atoms with Gasteiger partial charge in [0.1, 0.15) is 5.54 Å². The number of carbonyl (C=O) groups is 2.